The summed E-state index contributed by atoms with van der Waals surface area (Å²) in [5.41, 5.74) is 1.09. The molecular formula is C16H24N2O3. The second-order valence-electron chi connectivity index (χ2n) is 5.29. The van der Waals surface area contributed by atoms with Crippen molar-refractivity contribution >= 4 is 11.6 Å². The summed E-state index contributed by atoms with van der Waals surface area (Å²) < 4.78 is 10.5. The minimum atomic E-state index is 0.172. The highest BCUT2D eigenvalue weighted by molar-refractivity contribution is 5.73. The van der Waals surface area contributed by atoms with Crippen molar-refractivity contribution in [3.63, 3.8) is 0 Å². The molecule has 1 aliphatic heterocycles. The van der Waals surface area contributed by atoms with Gasteiger partial charge in [-0.05, 0) is 37.1 Å². The number of rotatable bonds is 6. The van der Waals surface area contributed by atoms with Crippen molar-refractivity contribution in [2.75, 3.05) is 38.7 Å². The van der Waals surface area contributed by atoms with Gasteiger partial charge in [-0.1, -0.05) is 0 Å². The summed E-state index contributed by atoms with van der Waals surface area (Å²) in [7, 11) is 1.66. The summed E-state index contributed by atoms with van der Waals surface area (Å²) in [6, 6.07) is 8.41. The van der Waals surface area contributed by atoms with Crippen LogP contribution in [0.1, 0.15) is 19.8 Å². The maximum absolute atomic E-state index is 11.3. The van der Waals surface area contributed by atoms with Crippen LogP contribution in [0.5, 0.6) is 5.75 Å². The van der Waals surface area contributed by atoms with E-state index in [0.29, 0.717) is 19.3 Å². The second-order valence-corrected chi connectivity index (χ2v) is 5.29. The molecular weight excluding hydrogens is 268 g/mol. The Morgan fingerprint density at radius 3 is 2.48 bits per heavy atom. The third kappa shape index (κ3) is 4.93. The van der Waals surface area contributed by atoms with Crippen LogP contribution in [-0.4, -0.2) is 50.3 Å². The molecule has 2 rings (SSSR count). The van der Waals surface area contributed by atoms with Gasteiger partial charge in [-0.25, -0.2) is 0 Å². The average molecular weight is 292 g/mol. The van der Waals surface area contributed by atoms with Gasteiger partial charge in [0.05, 0.1) is 6.61 Å². The van der Waals surface area contributed by atoms with Crippen LogP contribution in [0.2, 0.25) is 0 Å². The lowest BCUT2D eigenvalue weighted by Gasteiger charge is -2.32. The van der Waals surface area contributed by atoms with Crippen LogP contribution < -0.4 is 10.1 Å². The maximum atomic E-state index is 11.3. The van der Waals surface area contributed by atoms with Gasteiger partial charge in [0.1, 0.15) is 12.4 Å². The topological polar surface area (TPSA) is 50.8 Å². The van der Waals surface area contributed by atoms with Gasteiger partial charge in [0.2, 0.25) is 5.91 Å². The van der Waals surface area contributed by atoms with Crippen molar-refractivity contribution in [2.45, 2.75) is 25.8 Å². The minimum absolute atomic E-state index is 0.172. The molecule has 1 amide bonds. The monoisotopic (exact) mass is 292 g/mol. The fourth-order valence-electron chi connectivity index (χ4n) is 2.46. The number of hydrogen-bond acceptors (Lipinski definition) is 4. The lowest BCUT2D eigenvalue weighted by molar-refractivity contribution is -0.129. The Bertz CT molecular complexity index is 439. The molecule has 0 radical (unpaired) electrons. The van der Waals surface area contributed by atoms with Gasteiger partial charge in [0.15, 0.2) is 0 Å². The van der Waals surface area contributed by atoms with Gasteiger partial charge in [-0.15, -0.1) is 0 Å². The van der Waals surface area contributed by atoms with E-state index in [0.717, 1.165) is 37.4 Å². The van der Waals surface area contributed by atoms with E-state index in [1.165, 1.54) is 0 Å². The molecule has 1 aliphatic rings. The number of ether oxygens (including phenoxy) is 2. The first kappa shape index (κ1) is 15.6. The molecule has 21 heavy (non-hydrogen) atoms. The first-order chi connectivity index (χ1) is 10.2. The average Bonchev–Trinajstić information content (AvgIpc) is 2.50. The molecule has 1 fully saturated rings. The molecule has 5 heteroatoms. The minimum Gasteiger partial charge on any atom is -0.491 e. The Hall–Kier alpha value is -1.75. The molecule has 1 heterocycles. The van der Waals surface area contributed by atoms with Gasteiger partial charge in [0, 0.05) is 38.9 Å². The van der Waals surface area contributed by atoms with Crippen molar-refractivity contribution in [3.8, 4) is 5.75 Å². The fourth-order valence-corrected chi connectivity index (χ4v) is 2.46. The Morgan fingerprint density at radius 1 is 1.24 bits per heavy atom. The third-order valence-corrected chi connectivity index (χ3v) is 3.72. The number of carbonyl (C=O) groups excluding carboxylic acids is 1. The number of piperidine rings is 1. The summed E-state index contributed by atoms with van der Waals surface area (Å²) in [5, 5.41) is 3.52. The standard InChI is InChI=1S/C16H24N2O3/c1-13(19)18-9-7-15(8-10-18)17-14-3-5-16(6-4-14)21-12-11-20-2/h3-6,15,17H,7-12H2,1-2H3. The maximum Gasteiger partial charge on any atom is 0.219 e. The van der Waals surface area contributed by atoms with Crippen molar-refractivity contribution in [1.82, 2.24) is 4.90 Å². The number of nitrogens with one attached hydrogen (secondary N) is 1. The summed E-state index contributed by atoms with van der Waals surface area (Å²) in [5.74, 6) is 1.02. The molecule has 0 atom stereocenters. The number of likely N-dealkylation sites (tertiary alicyclic amines) is 1. The molecule has 0 spiro atoms. The quantitative estimate of drug-likeness (QED) is 0.816. The number of nitrogens with zero attached hydrogens (tertiary/aromatic N) is 1. The third-order valence-electron chi connectivity index (χ3n) is 3.72. The molecule has 1 aromatic rings. The highest BCUT2D eigenvalue weighted by Crippen LogP contribution is 2.19. The Morgan fingerprint density at radius 2 is 1.90 bits per heavy atom. The Labute approximate surface area is 126 Å². The predicted molar refractivity (Wildman–Crippen MR) is 82.7 cm³/mol. The van der Waals surface area contributed by atoms with E-state index in [9.17, 15) is 4.79 Å². The van der Waals surface area contributed by atoms with E-state index in [1.807, 2.05) is 29.2 Å². The number of carbonyl (C=O) groups is 1. The highest BCUT2D eigenvalue weighted by Gasteiger charge is 2.20. The molecule has 0 saturated carbocycles. The van der Waals surface area contributed by atoms with Crippen LogP contribution in [0.25, 0.3) is 0 Å². The van der Waals surface area contributed by atoms with E-state index in [1.54, 1.807) is 14.0 Å². The normalized spacial score (nSPS) is 15.8. The summed E-state index contributed by atoms with van der Waals surface area (Å²) in [4.78, 5) is 13.2. The zero-order valence-electron chi connectivity index (χ0n) is 12.8. The van der Waals surface area contributed by atoms with E-state index >= 15 is 0 Å². The van der Waals surface area contributed by atoms with Crippen molar-refractivity contribution in [1.29, 1.82) is 0 Å². The molecule has 116 valence electrons. The molecule has 0 aromatic heterocycles. The molecule has 0 bridgehead atoms. The van der Waals surface area contributed by atoms with Gasteiger partial charge >= 0.3 is 0 Å². The van der Waals surface area contributed by atoms with E-state index < -0.39 is 0 Å². The van der Waals surface area contributed by atoms with Crippen LogP contribution in [0.3, 0.4) is 0 Å². The fraction of sp³-hybridized carbons (Fsp3) is 0.562. The van der Waals surface area contributed by atoms with Gasteiger partial charge in [-0.3, -0.25) is 4.79 Å². The van der Waals surface area contributed by atoms with E-state index in [-0.39, 0.29) is 5.91 Å². The van der Waals surface area contributed by atoms with Gasteiger partial charge in [0.25, 0.3) is 0 Å². The van der Waals surface area contributed by atoms with Crippen LogP contribution in [-0.2, 0) is 9.53 Å². The predicted octanol–water partition coefficient (Wildman–Crippen LogP) is 2.13. The van der Waals surface area contributed by atoms with Gasteiger partial charge in [-0.2, -0.15) is 0 Å². The van der Waals surface area contributed by atoms with Crippen LogP contribution in [0.15, 0.2) is 24.3 Å². The second kappa shape index (κ2) is 7.88. The number of anilines is 1. The molecule has 0 aliphatic carbocycles. The molecule has 1 saturated heterocycles. The number of amides is 1. The molecule has 1 aromatic carbocycles. The summed E-state index contributed by atoms with van der Waals surface area (Å²) in [6.07, 6.45) is 1.98. The Kier molecular flexibility index (Phi) is 5.87. The summed E-state index contributed by atoms with van der Waals surface area (Å²) in [6.45, 7) is 4.47. The lowest BCUT2D eigenvalue weighted by Crippen LogP contribution is -2.41. The Balaban J connectivity index is 1.77. The van der Waals surface area contributed by atoms with Crippen LogP contribution in [0.4, 0.5) is 5.69 Å². The van der Waals surface area contributed by atoms with Crippen molar-refractivity contribution < 1.29 is 14.3 Å². The number of methoxy groups -OCH3 is 1. The lowest BCUT2D eigenvalue weighted by atomic mass is 10.0. The van der Waals surface area contributed by atoms with Crippen molar-refractivity contribution in [3.05, 3.63) is 24.3 Å². The SMILES string of the molecule is COCCOc1ccc(NC2CCN(C(C)=O)CC2)cc1. The smallest absolute Gasteiger partial charge is 0.219 e. The number of benzene rings is 1. The van der Waals surface area contributed by atoms with E-state index in [2.05, 4.69) is 5.32 Å². The van der Waals surface area contributed by atoms with Crippen molar-refractivity contribution in [2.24, 2.45) is 0 Å². The molecule has 1 N–H and O–H groups in total. The number of hydrogen-bond donors (Lipinski definition) is 1. The molecule has 5 nitrogen and oxygen atoms in total. The van der Waals surface area contributed by atoms with E-state index in [4.69, 9.17) is 9.47 Å². The molecule has 0 unspecified atom stereocenters. The summed E-state index contributed by atoms with van der Waals surface area (Å²) >= 11 is 0. The highest BCUT2D eigenvalue weighted by atomic mass is 16.5. The first-order valence-electron chi connectivity index (χ1n) is 7.43. The zero-order valence-corrected chi connectivity index (χ0v) is 12.8. The van der Waals surface area contributed by atoms with Crippen LogP contribution in [0, 0.1) is 0 Å². The zero-order chi connectivity index (χ0) is 15.1. The van der Waals surface area contributed by atoms with Gasteiger partial charge < -0.3 is 19.7 Å². The van der Waals surface area contributed by atoms with Crippen LogP contribution >= 0.6 is 0 Å². The first-order valence-corrected chi connectivity index (χ1v) is 7.43. The largest absolute Gasteiger partial charge is 0.491 e.